The molecule has 0 saturated carbocycles. The van der Waals surface area contributed by atoms with Gasteiger partial charge in [0.05, 0.1) is 5.56 Å². The molecule has 1 atom stereocenters. The number of unbranched alkanes of at least 4 members (excludes halogenated alkanes) is 2. The Kier molecular flexibility index (Phi) is 5.64. The number of rotatable bonds is 5. The van der Waals surface area contributed by atoms with Crippen LogP contribution in [-0.4, -0.2) is 0 Å². The van der Waals surface area contributed by atoms with E-state index >= 15 is 0 Å². The molecule has 0 spiro atoms. The third-order valence-corrected chi connectivity index (χ3v) is 5.26. The molecule has 0 aromatic heterocycles. The van der Waals surface area contributed by atoms with Gasteiger partial charge in [0, 0.05) is 5.56 Å². The van der Waals surface area contributed by atoms with Gasteiger partial charge in [-0.15, -0.1) is 0 Å². The highest BCUT2D eigenvalue weighted by Gasteiger charge is 2.31. The predicted molar refractivity (Wildman–Crippen MR) is 91.3 cm³/mol. The molecule has 3 rings (SSSR count). The van der Waals surface area contributed by atoms with E-state index in [4.69, 9.17) is 0 Å². The summed E-state index contributed by atoms with van der Waals surface area (Å²) in [6, 6.07) is 3.06. The minimum atomic E-state index is -1.44. The van der Waals surface area contributed by atoms with Gasteiger partial charge in [0.25, 0.3) is 0 Å². The first-order valence-corrected chi connectivity index (χ1v) is 9.08. The van der Waals surface area contributed by atoms with Gasteiger partial charge in [-0.1, -0.05) is 44.7 Å². The van der Waals surface area contributed by atoms with Gasteiger partial charge in [-0.25, -0.2) is 22.0 Å². The molecular weight excluding hydrogens is 347 g/mol. The second kappa shape index (κ2) is 7.77. The van der Waals surface area contributed by atoms with E-state index in [9.17, 15) is 22.0 Å². The summed E-state index contributed by atoms with van der Waals surface area (Å²) >= 11 is 0. The number of hydrogen-bond acceptors (Lipinski definition) is 0. The largest absolute Gasteiger partial charge is 0.206 e. The molecule has 0 heterocycles. The summed E-state index contributed by atoms with van der Waals surface area (Å²) in [6.45, 7) is 2.09. The average Bonchev–Trinajstić information content (AvgIpc) is 2.63. The van der Waals surface area contributed by atoms with Crippen molar-refractivity contribution in [3.05, 3.63) is 58.4 Å². The summed E-state index contributed by atoms with van der Waals surface area (Å²) in [5.41, 5.74) is -1.27. The van der Waals surface area contributed by atoms with Crippen molar-refractivity contribution in [3.8, 4) is 11.1 Å². The van der Waals surface area contributed by atoms with Crippen molar-refractivity contribution in [1.29, 1.82) is 0 Å². The van der Waals surface area contributed by atoms with E-state index in [-0.39, 0.29) is 29.9 Å². The minimum Gasteiger partial charge on any atom is -0.206 e. The molecule has 0 amide bonds. The highest BCUT2D eigenvalue weighted by molar-refractivity contribution is 5.68. The van der Waals surface area contributed by atoms with E-state index in [0.717, 1.165) is 43.9 Å². The fourth-order valence-corrected chi connectivity index (χ4v) is 3.83. The van der Waals surface area contributed by atoms with E-state index in [2.05, 4.69) is 6.92 Å². The van der Waals surface area contributed by atoms with Crippen molar-refractivity contribution in [2.24, 2.45) is 5.92 Å². The SMILES string of the molecule is CCCCCC1CCc2c(F)c(-c3cccc(F)c3F)c(F)c(F)c2C1. The molecule has 2 aromatic carbocycles. The Labute approximate surface area is 150 Å². The van der Waals surface area contributed by atoms with Crippen LogP contribution in [0.25, 0.3) is 11.1 Å². The molecule has 0 radical (unpaired) electrons. The first-order valence-electron chi connectivity index (χ1n) is 9.08. The Hall–Kier alpha value is -1.91. The maximum atomic E-state index is 14.9. The maximum absolute atomic E-state index is 14.9. The van der Waals surface area contributed by atoms with Crippen LogP contribution < -0.4 is 0 Å². The quantitative estimate of drug-likeness (QED) is 0.312. The highest BCUT2D eigenvalue weighted by Crippen LogP contribution is 2.39. The molecule has 1 unspecified atom stereocenters. The molecule has 26 heavy (non-hydrogen) atoms. The zero-order valence-corrected chi connectivity index (χ0v) is 14.6. The van der Waals surface area contributed by atoms with E-state index in [0.29, 0.717) is 6.42 Å². The van der Waals surface area contributed by atoms with Crippen LogP contribution in [0.3, 0.4) is 0 Å². The van der Waals surface area contributed by atoms with Crippen molar-refractivity contribution < 1.29 is 22.0 Å². The third-order valence-electron chi connectivity index (χ3n) is 5.26. The van der Waals surface area contributed by atoms with Crippen LogP contribution in [0.15, 0.2) is 18.2 Å². The third kappa shape index (κ3) is 3.36. The van der Waals surface area contributed by atoms with Crippen molar-refractivity contribution in [3.63, 3.8) is 0 Å². The standard InChI is InChI=1S/C21H21F5/c1-2-3-4-6-12-9-10-13-15(11-12)20(25)21(26)17(19(13)24)14-7-5-8-16(22)18(14)23/h5,7-8,12H,2-4,6,9-11H2,1H3. The van der Waals surface area contributed by atoms with Crippen molar-refractivity contribution in [2.45, 2.75) is 51.9 Å². The first kappa shape index (κ1) is 18.9. The Morgan fingerprint density at radius 3 is 2.38 bits per heavy atom. The monoisotopic (exact) mass is 368 g/mol. The van der Waals surface area contributed by atoms with Gasteiger partial charge >= 0.3 is 0 Å². The molecule has 0 nitrogen and oxygen atoms in total. The number of hydrogen-bond donors (Lipinski definition) is 0. The van der Waals surface area contributed by atoms with Gasteiger partial charge in [0.15, 0.2) is 23.3 Å². The lowest BCUT2D eigenvalue weighted by molar-refractivity contribution is 0.382. The normalized spacial score (nSPS) is 16.6. The molecule has 0 bridgehead atoms. The zero-order valence-electron chi connectivity index (χ0n) is 14.6. The predicted octanol–water partition coefficient (Wildman–Crippen LogP) is 6.73. The van der Waals surface area contributed by atoms with Crippen molar-refractivity contribution >= 4 is 0 Å². The molecule has 5 heteroatoms. The molecule has 1 aliphatic carbocycles. The van der Waals surface area contributed by atoms with Gasteiger partial charge < -0.3 is 0 Å². The Bertz CT molecular complexity index is 813. The average molecular weight is 368 g/mol. The highest BCUT2D eigenvalue weighted by atomic mass is 19.2. The summed E-state index contributed by atoms with van der Waals surface area (Å²) in [6.07, 6.45) is 5.30. The molecule has 0 fully saturated rings. The smallest absolute Gasteiger partial charge is 0.169 e. The maximum Gasteiger partial charge on any atom is 0.169 e. The summed E-state index contributed by atoms with van der Waals surface area (Å²) in [4.78, 5) is 0. The van der Waals surface area contributed by atoms with E-state index in [1.165, 1.54) is 0 Å². The van der Waals surface area contributed by atoms with Crippen LogP contribution in [0.4, 0.5) is 22.0 Å². The second-order valence-electron chi connectivity index (χ2n) is 6.98. The van der Waals surface area contributed by atoms with Gasteiger partial charge in [-0.3, -0.25) is 0 Å². The van der Waals surface area contributed by atoms with Crippen LogP contribution in [0, 0.1) is 35.0 Å². The van der Waals surface area contributed by atoms with Crippen molar-refractivity contribution in [2.75, 3.05) is 0 Å². The number of benzene rings is 2. The second-order valence-corrected chi connectivity index (χ2v) is 6.98. The summed E-state index contributed by atoms with van der Waals surface area (Å²) in [5.74, 6) is -5.97. The zero-order chi connectivity index (χ0) is 18.8. The van der Waals surface area contributed by atoms with Gasteiger partial charge in [-0.2, -0.15) is 0 Å². The molecule has 0 N–H and O–H groups in total. The lowest BCUT2D eigenvalue weighted by Gasteiger charge is -2.27. The van der Waals surface area contributed by atoms with E-state index in [1.807, 2.05) is 0 Å². The lowest BCUT2D eigenvalue weighted by Crippen LogP contribution is -2.19. The molecule has 0 saturated heterocycles. The Balaban J connectivity index is 2.02. The van der Waals surface area contributed by atoms with Crippen LogP contribution >= 0.6 is 0 Å². The molecule has 1 aliphatic rings. The fraction of sp³-hybridized carbons (Fsp3) is 0.429. The molecular formula is C21H21F5. The summed E-state index contributed by atoms with van der Waals surface area (Å²) in [7, 11) is 0. The van der Waals surface area contributed by atoms with Crippen LogP contribution in [0.2, 0.25) is 0 Å². The lowest BCUT2D eigenvalue weighted by atomic mass is 9.79. The number of halogens is 5. The Morgan fingerprint density at radius 1 is 0.885 bits per heavy atom. The Morgan fingerprint density at radius 2 is 1.65 bits per heavy atom. The van der Waals surface area contributed by atoms with Gasteiger partial charge in [0.2, 0.25) is 0 Å². The molecule has 140 valence electrons. The van der Waals surface area contributed by atoms with Gasteiger partial charge in [0.1, 0.15) is 5.82 Å². The molecule has 2 aromatic rings. The fourth-order valence-electron chi connectivity index (χ4n) is 3.83. The first-order chi connectivity index (χ1) is 12.5. The van der Waals surface area contributed by atoms with Crippen LogP contribution in [0.5, 0.6) is 0 Å². The van der Waals surface area contributed by atoms with Gasteiger partial charge in [-0.05, 0) is 42.4 Å². The summed E-state index contributed by atoms with van der Waals surface area (Å²) in [5, 5.41) is 0. The van der Waals surface area contributed by atoms with E-state index in [1.54, 1.807) is 0 Å². The van der Waals surface area contributed by atoms with Crippen LogP contribution in [0.1, 0.15) is 50.2 Å². The molecule has 0 aliphatic heterocycles. The van der Waals surface area contributed by atoms with Crippen LogP contribution in [-0.2, 0) is 12.8 Å². The number of fused-ring (bicyclic) bond motifs is 1. The van der Waals surface area contributed by atoms with Crippen molar-refractivity contribution in [1.82, 2.24) is 0 Å². The minimum absolute atomic E-state index is 0.0494. The van der Waals surface area contributed by atoms with E-state index < -0.39 is 40.2 Å². The topological polar surface area (TPSA) is 0 Å². The summed E-state index contributed by atoms with van der Waals surface area (Å²) < 4.78 is 71.6.